The van der Waals surface area contributed by atoms with E-state index < -0.39 is 6.09 Å². The number of carbonyl (C=O) groups is 2. The summed E-state index contributed by atoms with van der Waals surface area (Å²) >= 11 is 0. The van der Waals surface area contributed by atoms with E-state index in [9.17, 15) is 9.59 Å². The zero-order chi connectivity index (χ0) is 14.7. The highest BCUT2D eigenvalue weighted by atomic mass is 16.5. The van der Waals surface area contributed by atoms with Crippen molar-refractivity contribution in [1.29, 1.82) is 0 Å². The van der Waals surface area contributed by atoms with E-state index in [2.05, 4.69) is 5.32 Å². The van der Waals surface area contributed by atoms with Gasteiger partial charge in [0.25, 0.3) is 0 Å². The number of carbonyl (C=O) groups excluding carboxylic acids is 1. The zero-order valence-electron chi connectivity index (χ0n) is 11.5. The third-order valence-corrected chi connectivity index (χ3v) is 3.22. The van der Waals surface area contributed by atoms with E-state index in [1.165, 1.54) is 11.8 Å². The molecule has 1 atom stereocenters. The molecule has 1 aromatic carbocycles. The number of amides is 2. The first-order valence-corrected chi connectivity index (χ1v) is 6.47. The maximum absolute atomic E-state index is 11.0. The highest BCUT2D eigenvalue weighted by Gasteiger charge is 2.31. The number of rotatable bonds is 4. The van der Waals surface area contributed by atoms with Crippen molar-refractivity contribution in [1.82, 2.24) is 10.2 Å². The maximum Gasteiger partial charge on any atom is 0.407 e. The van der Waals surface area contributed by atoms with E-state index in [4.69, 9.17) is 9.84 Å². The molecule has 2 N–H and O–H groups in total. The van der Waals surface area contributed by atoms with Crippen LogP contribution in [0.4, 0.5) is 4.79 Å². The van der Waals surface area contributed by atoms with Gasteiger partial charge in [0.05, 0.1) is 19.1 Å². The molecule has 0 bridgehead atoms. The van der Waals surface area contributed by atoms with Gasteiger partial charge in [-0.2, -0.15) is 0 Å². The highest BCUT2D eigenvalue weighted by molar-refractivity contribution is 5.73. The van der Waals surface area contributed by atoms with Gasteiger partial charge in [0.2, 0.25) is 5.91 Å². The van der Waals surface area contributed by atoms with E-state index >= 15 is 0 Å². The predicted octanol–water partition coefficient (Wildman–Crippen LogP) is 1.62. The first kappa shape index (κ1) is 14.2. The number of nitrogens with one attached hydrogen (secondary N) is 1. The van der Waals surface area contributed by atoms with E-state index in [0.29, 0.717) is 18.8 Å². The van der Waals surface area contributed by atoms with Crippen LogP contribution in [0.2, 0.25) is 0 Å². The Morgan fingerprint density at radius 3 is 2.45 bits per heavy atom. The van der Waals surface area contributed by atoms with Crippen LogP contribution in [-0.4, -0.2) is 41.2 Å². The molecule has 0 saturated carbocycles. The van der Waals surface area contributed by atoms with Crippen LogP contribution in [0, 0.1) is 0 Å². The minimum Gasteiger partial charge on any atom is -0.487 e. The molecule has 20 heavy (non-hydrogen) atoms. The Morgan fingerprint density at radius 2 is 1.95 bits per heavy atom. The molecule has 0 aliphatic carbocycles. The van der Waals surface area contributed by atoms with Gasteiger partial charge in [-0.15, -0.1) is 0 Å². The minimum atomic E-state index is -0.913. The second-order valence-electron chi connectivity index (χ2n) is 4.92. The van der Waals surface area contributed by atoms with Crippen molar-refractivity contribution in [2.75, 3.05) is 13.1 Å². The summed E-state index contributed by atoms with van der Waals surface area (Å²) in [5, 5.41) is 11.5. The van der Waals surface area contributed by atoms with Gasteiger partial charge < -0.3 is 20.1 Å². The van der Waals surface area contributed by atoms with Gasteiger partial charge in [-0.25, -0.2) is 4.79 Å². The van der Waals surface area contributed by atoms with Gasteiger partial charge in [0, 0.05) is 6.92 Å². The Bertz CT molecular complexity index is 494. The molecule has 1 heterocycles. The van der Waals surface area contributed by atoms with Crippen molar-refractivity contribution in [2.24, 2.45) is 0 Å². The lowest BCUT2D eigenvalue weighted by Gasteiger charge is -2.36. The fourth-order valence-corrected chi connectivity index (χ4v) is 2.08. The Kier molecular flexibility index (Phi) is 4.12. The molecule has 1 aromatic rings. The minimum absolute atomic E-state index is 0.0484. The summed E-state index contributed by atoms with van der Waals surface area (Å²) in [6, 6.07) is 7.40. The molecule has 1 unspecified atom stereocenters. The van der Waals surface area contributed by atoms with E-state index in [1.807, 2.05) is 31.2 Å². The molecule has 108 valence electrons. The predicted molar refractivity (Wildman–Crippen MR) is 72.7 cm³/mol. The molecule has 6 nitrogen and oxygen atoms in total. The first-order chi connectivity index (χ1) is 9.45. The number of carboxylic acid groups (broad SMARTS) is 1. The van der Waals surface area contributed by atoms with Gasteiger partial charge in [-0.3, -0.25) is 4.79 Å². The van der Waals surface area contributed by atoms with Crippen LogP contribution in [0.15, 0.2) is 24.3 Å². The third-order valence-electron chi connectivity index (χ3n) is 3.22. The maximum atomic E-state index is 11.0. The summed E-state index contributed by atoms with van der Waals surface area (Å²) in [5.41, 5.74) is 0.994. The van der Waals surface area contributed by atoms with Crippen LogP contribution in [-0.2, 0) is 4.79 Å². The lowest BCUT2D eigenvalue weighted by atomic mass is 10.1. The van der Waals surface area contributed by atoms with Crippen molar-refractivity contribution in [2.45, 2.75) is 26.0 Å². The van der Waals surface area contributed by atoms with E-state index in [0.717, 1.165) is 5.56 Å². The van der Waals surface area contributed by atoms with Crippen molar-refractivity contribution in [3.8, 4) is 5.75 Å². The molecular weight excluding hydrogens is 260 g/mol. The number of ether oxygens (including phenoxy) is 1. The standard InChI is InChI=1S/C14H18N2O4/c1-9(15-10(2)17)11-3-5-12(6-4-11)20-13-7-16(8-13)14(18)19/h3-6,9,13H,7-8H2,1-2H3,(H,15,17)(H,18,19). The normalized spacial score (nSPS) is 16.2. The van der Waals surface area contributed by atoms with Crippen LogP contribution in [0.3, 0.4) is 0 Å². The van der Waals surface area contributed by atoms with Crippen LogP contribution < -0.4 is 10.1 Å². The Morgan fingerprint density at radius 1 is 1.35 bits per heavy atom. The van der Waals surface area contributed by atoms with Gasteiger partial charge >= 0.3 is 6.09 Å². The molecular formula is C14H18N2O4. The van der Waals surface area contributed by atoms with Crippen LogP contribution in [0.1, 0.15) is 25.5 Å². The molecule has 0 spiro atoms. The van der Waals surface area contributed by atoms with Gasteiger partial charge in [0.1, 0.15) is 11.9 Å². The van der Waals surface area contributed by atoms with Crippen molar-refractivity contribution < 1.29 is 19.4 Å². The van der Waals surface area contributed by atoms with Crippen molar-refractivity contribution in [3.05, 3.63) is 29.8 Å². The number of hydrogen-bond donors (Lipinski definition) is 2. The Labute approximate surface area is 117 Å². The summed E-state index contributed by atoms with van der Waals surface area (Å²) < 4.78 is 5.65. The van der Waals surface area contributed by atoms with Crippen LogP contribution >= 0.6 is 0 Å². The smallest absolute Gasteiger partial charge is 0.407 e. The third kappa shape index (κ3) is 3.40. The van der Waals surface area contributed by atoms with E-state index in [-0.39, 0.29) is 18.1 Å². The molecule has 1 saturated heterocycles. The molecule has 0 aromatic heterocycles. The molecule has 0 radical (unpaired) electrons. The Hall–Kier alpha value is -2.24. The molecule has 1 aliphatic heterocycles. The quantitative estimate of drug-likeness (QED) is 0.877. The first-order valence-electron chi connectivity index (χ1n) is 6.47. The van der Waals surface area contributed by atoms with Gasteiger partial charge in [-0.1, -0.05) is 12.1 Å². The van der Waals surface area contributed by atoms with Crippen molar-refractivity contribution in [3.63, 3.8) is 0 Å². The van der Waals surface area contributed by atoms with Crippen LogP contribution in [0.25, 0.3) is 0 Å². The topological polar surface area (TPSA) is 78.9 Å². The summed E-state index contributed by atoms with van der Waals surface area (Å²) in [7, 11) is 0. The fraction of sp³-hybridized carbons (Fsp3) is 0.429. The Balaban J connectivity index is 1.86. The molecule has 1 fully saturated rings. The average molecular weight is 278 g/mol. The summed E-state index contributed by atoms with van der Waals surface area (Å²) in [6.07, 6.45) is -0.992. The SMILES string of the molecule is CC(=O)NC(C)c1ccc(OC2CN(C(=O)O)C2)cc1. The largest absolute Gasteiger partial charge is 0.487 e. The number of benzene rings is 1. The van der Waals surface area contributed by atoms with Crippen molar-refractivity contribution >= 4 is 12.0 Å². The summed E-state index contributed by atoms with van der Waals surface area (Å²) in [4.78, 5) is 22.9. The lowest BCUT2D eigenvalue weighted by Crippen LogP contribution is -2.55. The fourth-order valence-electron chi connectivity index (χ4n) is 2.08. The number of hydrogen-bond acceptors (Lipinski definition) is 3. The molecule has 1 aliphatic rings. The summed E-state index contributed by atoms with van der Waals surface area (Å²) in [5.74, 6) is 0.639. The number of nitrogens with zero attached hydrogens (tertiary/aromatic N) is 1. The molecule has 2 rings (SSSR count). The highest BCUT2D eigenvalue weighted by Crippen LogP contribution is 2.21. The molecule has 2 amide bonds. The monoisotopic (exact) mass is 278 g/mol. The van der Waals surface area contributed by atoms with E-state index in [1.54, 1.807) is 0 Å². The second-order valence-corrected chi connectivity index (χ2v) is 4.92. The summed E-state index contributed by atoms with van der Waals surface area (Å²) in [6.45, 7) is 4.20. The lowest BCUT2D eigenvalue weighted by molar-refractivity contribution is -0.119. The van der Waals surface area contributed by atoms with Gasteiger partial charge in [-0.05, 0) is 24.6 Å². The zero-order valence-corrected chi connectivity index (χ0v) is 11.5. The second kappa shape index (κ2) is 5.81. The van der Waals surface area contributed by atoms with Gasteiger partial charge in [0.15, 0.2) is 0 Å². The molecule has 6 heteroatoms. The van der Waals surface area contributed by atoms with Crippen LogP contribution in [0.5, 0.6) is 5.75 Å². The number of likely N-dealkylation sites (tertiary alicyclic amines) is 1. The average Bonchev–Trinajstić information content (AvgIpc) is 2.32.